The van der Waals surface area contributed by atoms with Gasteiger partial charge in [-0.05, 0) is 43.9 Å². The quantitative estimate of drug-likeness (QED) is 0.840. The number of rotatable bonds is 6. The summed E-state index contributed by atoms with van der Waals surface area (Å²) >= 11 is 0. The van der Waals surface area contributed by atoms with Crippen LogP contribution in [0.1, 0.15) is 31.7 Å². The average molecular weight is 249 g/mol. The van der Waals surface area contributed by atoms with Crippen LogP contribution in [0.5, 0.6) is 11.5 Å². The van der Waals surface area contributed by atoms with Crippen molar-refractivity contribution < 1.29 is 9.47 Å². The highest BCUT2D eigenvalue weighted by Crippen LogP contribution is 2.30. The molecule has 1 aliphatic rings. The zero-order chi connectivity index (χ0) is 13.0. The van der Waals surface area contributed by atoms with E-state index < -0.39 is 0 Å². The fourth-order valence-electron chi connectivity index (χ4n) is 2.40. The number of nitrogens with one attached hydrogen (secondary N) is 1. The summed E-state index contributed by atoms with van der Waals surface area (Å²) in [6.07, 6.45) is 4.12. The second-order valence-electron chi connectivity index (χ2n) is 5.04. The second kappa shape index (κ2) is 6.10. The van der Waals surface area contributed by atoms with Crippen LogP contribution in [0.25, 0.3) is 0 Å². The highest BCUT2D eigenvalue weighted by atomic mass is 16.5. The van der Waals surface area contributed by atoms with Gasteiger partial charge in [-0.1, -0.05) is 6.42 Å². The molecule has 3 heteroatoms. The van der Waals surface area contributed by atoms with Crippen molar-refractivity contribution in [2.45, 2.75) is 38.8 Å². The van der Waals surface area contributed by atoms with Crippen molar-refractivity contribution in [1.82, 2.24) is 5.32 Å². The van der Waals surface area contributed by atoms with Crippen LogP contribution in [-0.4, -0.2) is 20.3 Å². The SMILES string of the molecule is COc1ccc(OC)c(CNC(C)C2CCC2)c1. The number of hydrogen-bond donors (Lipinski definition) is 1. The first kappa shape index (κ1) is 13.2. The molecule has 0 radical (unpaired) electrons. The standard InChI is InChI=1S/C15H23NO2/c1-11(12-5-4-6-12)16-10-13-9-14(17-2)7-8-15(13)18-3/h7-9,11-12,16H,4-6,10H2,1-3H3. The van der Waals surface area contributed by atoms with Gasteiger partial charge >= 0.3 is 0 Å². The molecule has 2 rings (SSSR count). The van der Waals surface area contributed by atoms with E-state index in [2.05, 4.69) is 12.2 Å². The van der Waals surface area contributed by atoms with Crippen LogP contribution in [0.2, 0.25) is 0 Å². The van der Waals surface area contributed by atoms with E-state index in [1.54, 1.807) is 14.2 Å². The Hall–Kier alpha value is -1.22. The van der Waals surface area contributed by atoms with Crippen molar-refractivity contribution in [3.05, 3.63) is 23.8 Å². The van der Waals surface area contributed by atoms with Gasteiger partial charge in [-0.3, -0.25) is 0 Å². The van der Waals surface area contributed by atoms with Crippen LogP contribution in [0.3, 0.4) is 0 Å². The van der Waals surface area contributed by atoms with Gasteiger partial charge in [0.05, 0.1) is 14.2 Å². The van der Waals surface area contributed by atoms with Gasteiger partial charge in [0.25, 0.3) is 0 Å². The lowest BCUT2D eigenvalue weighted by atomic mass is 9.80. The summed E-state index contributed by atoms with van der Waals surface area (Å²) in [5.41, 5.74) is 1.16. The van der Waals surface area contributed by atoms with Crippen LogP contribution >= 0.6 is 0 Å². The van der Waals surface area contributed by atoms with E-state index in [4.69, 9.17) is 9.47 Å². The molecule has 18 heavy (non-hydrogen) atoms. The third-order valence-electron chi connectivity index (χ3n) is 3.96. The van der Waals surface area contributed by atoms with E-state index in [1.807, 2.05) is 18.2 Å². The molecule has 0 spiro atoms. The van der Waals surface area contributed by atoms with E-state index >= 15 is 0 Å². The molecule has 1 N–H and O–H groups in total. The highest BCUT2D eigenvalue weighted by molar-refractivity contribution is 5.40. The fourth-order valence-corrected chi connectivity index (χ4v) is 2.40. The summed E-state index contributed by atoms with van der Waals surface area (Å²) in [5, 5.41) is 3.59. The van der Waals surface area contributed by atoms with Crippen molar-refractivity contribution in [3.63, 3.8) is 0 Å². The van der Waals surface area contributed by atoms with Gasteiger partial charge in [0.2, 0.25) is 0 Å². The summed E-state index contributed by atoms with van der Waals surface area (Å²) in [7, 11) is 3.40. The smallest absolute Gasteiger partial charge is 0.123 e. The Morgan fingerprint density at radius 2 is 2.06 bits per heavy atom. The average Bonchev–Trinajstić information content (AvgIpc) is 2.33. The Labute approximate surface area is 109 Å². The fraction of sp³-hybridized carbons (Fsp3) is 0.600. The summed E-state index contributed by atoms with van der Waals surface area (Å²) in [4.78, 5) is 0. The molecule has 100 valence electrons. The maximum Gasteiger partial charge on any atom is 0.123 e. The molecule has 1 saturated carbocycles. The van der Waals surface area contributed by atoms with E-state index in [9.17, 15) is 0 Å². The minimum absolute atomic E-state index is 0.578. The van der Waals surface area contributed by atoms with Crippen molar-refractivity contribution in [2.75, 3.05) is 14.2 Å². The maximum atomic E-state index is 5.38. The summed E-state index contributed by atoms with van der Waals surface area (Å²) in [6, 6.07) is 6.51. The Bertz CT molecular complexity index is 388. The maximum absolute atomic E-state index is 5.38. The second-order valence-corrected chi connectivity index (χ2v) is 5.04. The predicted octanol–water partition coefficient (Wildman–Crippen LogP) is 2.98. The predicted molar refractivity (Wildman–Crippen MR) is 73.2 cm³/mol. The van der Waals surface area contributed by atoms with Gasteiger partial charge in [-0.25, -0.2) is 0 Å². The Morgan fingerprint density at radius 3 is 2.61 bits per heavy atom. The van der Waals surface area contributed by atoms with E-state index in [1.165, 1.54) is 19.3 Å². The van der Waals surface area contributed by atoms with Crippen molar-refractivity contribution in [1.29, 1.82) is 0 Å². The third kappa shape index (κ3) is 2.96. The first-order chi connectivity index (χ1) is 8.74. The molecule has 0 aromatic heterocycles. The van der Waals surface area contributed by atoms with Crippen LogP contribution < -0.4 is 14.8 Å². The molecule has 1 aliphatic carbocycles. The monoisotopic (exact) mass is 249 g/mol. The van der Waals surface area contributed by atoms with Crippen LogP contribution in [0.15, 0.2) is 18.2 Å². The van der Waals surface area contributed by atoms with E-state index in [-0.39, 0.29) is 0 Å². The van der Waals surface area contributed by atoms with Crippen LogP contribution in [-0.2, 0) is 6.54 Å². The van der Waals surface area contributed by atoms with Gasteiger partial charge in [0.15, 0.2) is 0 Å². The summed E-state index contributed by atoms with van der Waals surface area (Å²) < 4.78 is 10.6. The van der Waals surface area contributed by atoms with Gasteiger partial charge < -0.3 is 14.8 Å². The Kier molecular flexibility index (Phi) is 4.48. The summed E-state index contributed by atoms with van der Waals surface area (Å²) in [5.74, 6) is 2.65. The minimum Gasteiger partial charge on any atom is -0.497 e. The molecule has 0 saturated heterocycles. The molecule has 1 unspecified atom stereocenters. The molecule has 0 amide bonds. The first-order valence-corrected chi connectivity index (χ1v) is 6.69. The molecule has 1 aromatic rings. The molecular formula is C15H23NO2. The minimum atomic E-state index is 0.578. The molecule has 0 bridgehead atoms. The highest BCUT2D eigenvalue weighted by Gasteiger charge is 2.23. The molecule has 1 fully saturated rings. The number of benzene rings is 1. The van der Waals surface area contributed by atoms with Gasteiger partial charge in [0, 0.05) is 18.2 Å². The van der Waals surface area contributed by atoms with Crippen molar-refractivity contribution >= 4 is 0 Å². The van der Waals surface area contributed by atoms with Gasteiger partial charge in [-0.2, -0.15) is 0 Å². The van der Waals surface area contributed by atoms with Crippen molar-refractivity contribution in [3.8, 4) is 11.5 Å². The normalized spacial score (nSPS) is 17.1. The topological polar surface area (TPSA) is 30.5 Å². The largest absolute Gasteiger partial charge is 0.497 e. The van der Waals surface area contributed by atoms with Crippen LogP contribution in [0, 0.1) is 5.92 Å². The molecule has 1 aromatic carbocycles. The van der Waals surface area contributed by atoms with Crippen LogP contribution in [0.4, 0.5) is 0 Å². The Balaban J connectivity index is 1.97. The van der Waals surface area contributed by atoms with Gasteiger partial charge in [-0.15, -0.1) is 0 Å². The number of hydrogen-bond acceptors (Lipinski definition) is 3. The number of ether oxygens (including phenoxy) is 2. The molecule has 1 atom stereocenters. The Morgan fingerprint density at radius 1 is 1.28 bits per heavy atom. The van der Waals surface area contributed by atoms with Crippen molar-refractivity contribution in [2.24, 2.45) is 5.92 Å². The molecule has 0 aliphatic heterocycles. The lowest BCUT2D eigenvalue weighted by Crippen LogP contribution is -2.36. The molecule has 0 heterocycles. The molecule has 3 nitrogen and oxygen atoms in total. The van der Waals surface area contributed by atoms with E-state index in [0.29, 0.717) is 6.04 Å². The zero-order valence-corrected chi connectivity index (χ0v) is 11.5. The zero-order valence-electron chi connectivity index (χ0n) is 11.5. The third-order valence-corrected chi connectivity index (χ3v) is 3.96. The summed E-state index contributed by atoms with van der Waals surface area (Å²) in [6.45, 7) is 3.11. The van der Waals surface area contributed by atoms with Gasteiger partial charge in [0.1, 0.15) is 11.5 Å². The van der Waals surface area contributed by atoms with E-state index in [0.717, 1.165) is 29.5 Å². The lowest BCUT2D eigenvalue weighted by Gasteiger charge is -2.32. The first-order valence-electron chi connectivity index (χ1n) is 6.69. The lowest BCUT2D eigenvalue weighted by molar-refractivity contribution is 0.239. The number of methoxy groups -OCH3 is 2. The molecular weight excluding hydrogens is 226 g/mol.